The van der Waals surface area contributed by atoms with Crippen molar-refractivity contribution in [2.75, 3.05) is 18.4 Å². The Morgan fingerprint density at radius 1 is 1.20 bits per heavy atom. The third kappa shape index (κ3) is 3.45. The minimum atomic E-state index is -3.60. The first-order valence-corrected chi connectivity index (χ1v) is 9.47. The van der Waals surface area contributed by atoms with Gasteiger partial charge in [0, 0.05) is 26.3 Å². The number of halogens is 1. The maximum Gasteiger partial charge on any atom is 0.272 e. The van der Waals surface area contributed by atoms with Crippen molar-refractivity contribution in [3.8, 4) is 0 Å². The number of amides is 1. The Morgan fingerprint density at radius 3 is 2.52 bits per heavy atom. The van der Waals surface area contributed by atoms with Gasteiger partial charge >= 0.3 is 0 Å². The second kappa shape index (κ2) is 6.61. The van der Waals surface area contributed by atoms with Gasteiger partial charge in [-0.3, -0.25) is 4.79 Å². The molecule has 25 heavy (non-hydrogen) atoms. The average molecular weight is 365 g/mol. The lowest BCUT2D eigenvalue weighted by molar-refractivity contribution is 0.101. The molecule has 1 saturated heterocycles. The van der Waals surface area contributed by atoms with Gasteiger partial charge in [0.2, 0.25) is 10.0 Å². The van der Waals surface area contributed by atoms with Crippen molar-refractivity contribution >= 4 is 21.6 Å². The number of sulfonamides is 1. The number of hydrogen-bond acceptors (Lipinski definition) is 3. The van der Waals surface area contributed by atoms with Gasteiger partial charge in [-0.25, -0.2) is 12.8 Å². The van der Waals surface area contributed by atoms with Crippen LogP contribution in [0, 0.1) is 12.7 Å². The molecule has 0 radical (unpaired) electrons. The molecule has 0 bridgehead atoms. The number of benzene rings is 1. The summed E-state index contributed by atoms with van der Waals surface area (Å²) in [7, 11) is -2.02. The molecule has 1 aromatic carbocycles. The Hall–Kier alpha value is -2.19. The fourth-order valence-corrected chi connectivity index (χ4v) is 4.48. The number of carbonyl (C=O) groups is 1. The van der Waals surface area contributed by atoms with E-state index in [0.717, 1.165) is 18.4 Å². The van der Waals surface area contributed by atoms with Crippen molar-refractivity contribution in [1.29, 1.82) is 0 Å². The van der Waals surface area contributed by atoms with Crippen LogP contribution in [0.1, 0.15) is 28.9 Å². The van der Waals surface area contributed by atoms with Crippen LogP contribution >= 0.6 is 0 Å². The lowest BCUT2D eigenvalue weighted by atomic mass is 10.2. The molecule has 1 N–H and O–H groups in total. The van der Waals surface area contributed by atoms with Gasteiger partial charge in [0.05, 0.1) is 5.69 Å². The van der Waals surface area contributed by atoms with Gasteiger partial charge in [-0.2, -0.15) is 4.31 Å². The number of rotatable bonds is 4. The van der Waals surface area contributed by atoms with E-state index in [4.69, 9.17) is 0 Å². The number of nitrogens with one attached hydrogen (secondary N) is 1. The summed E-state index contributed by atoms with van der Waals surface area (Å²) in [6.45, 7) is 2.74. The molecule has 1 amide bonds. The van der Waals surface area contributed by atoms with E-state index >= 15 is 0 Å². The first-order valence-electron chi connectivity index (χ1n) is 8.03. The molecule has 2 aromatic rings. The Labute approximate surface area is 146 Å². The van der Waals surface area contributed by atoms with Gasteiger partial charge in [0.1, 0.15) is 16.4 Å². The Bertz CT molecular complexity index is 915. The number of nitrogens with zero attached hydrogens (tertiary/aromatic N) is 2. The second-order valence-electron chi connectivity index (χ2n) is 6.22. The zero-order chi connectivity index (χ0) is 18.2. The summed E-state index contributed by atoms with van der Waals surface area (Å²) in [5.41, 5.74) is 0.951. The van der Waals surface area contributed by atoms with Crippen LogP contribution in [0.3, 0.4) is 0 Å². The molecule has 1 aromatic heterocycles. The summed E-state index contributed by atoms with van der Waals surface area (Å²) in [6, 6.07) is 5.82. The molecular weight excluding hydrogens is 345 g/mol. The largest absolute Gasteiger partial charge is 0.345 e. The quantitative estimate of drug-likeness (QED) is 0.905. The van der Waals surface area contributed by atoms with Crippen LogP contribution in [0.4, 0.5) is 10.1 Å². The van der Waals surface area contributed by atoms with E-state index in [1.54, 1.807) is 20.0 Å². The lowest BCUT2D eigenvalue weighted by Crippen LogP contribution is -2.27. The average Bonchev–Trinajstić information content (AvgIpc) is 3.20. The highest BCUT2D eigenvalue weighted by Crippen LogP contribution is 2.23. The van der Waals surface area contributed by atoms with Crippen LogP contribution in [0.2, 0.25) is 0 Å². The van der Waals surface area contributed by atoms with Crippen molar-refractivity contribution in [2.45, 2.75) is 24.7 Å². The summed E-state index contributed by atoms with van der Waals surface area (Å²) in [6.07, 6.45) is 3.09. The third-order valence-corrected chi connectivity index (χ3v) is 6.15. The topological polar surface area (TPSA) is 71.4 Å². The molecule has 134 valence electrons. The van der Waals surface area contributed by atoms with Gasteiger partial charge in [0.25, 0.3) is 5.91 Å². The molecule has 0 spiro atoms. The van der Waals surface area contributed by atoms with Crippen molar-refractivity contribution in [1.82, 2.24) is 8.87 Å². The molecule has 1 aliphatic heterocycles. The molecule has 0 unspecified atom stereocenters. The SMILES string of the molecule is Cc1ccc(NC(=O)c2cc(S(=O)(=O)N3CCCC3)cn2C)c(F)c1. The van der Waals surface area contributed by atoms with Crippen LogP contribution < -0.4 is 5.32 Å². The maximum absolute atomic E-state index is 13.9. The van der Waals surface area contributed by atoms with Gasteiger partial charge in [0.15, 0.2) is 0 Å². The summed E-state index contributed by atoms with van der Waals surface area (Å²) in [4.78, 5) is 12.5. The molecule has 8 heteroatoms. The minimum Gasteiger partial charge on any atom is -0.345 e. The highest BCUT2D eigenvalue weighted by molar-refractivity contribution is 7.89. The Kier molecular flexibility index (Phi) is 4.66. The monoisotopic (exact) mass is 365 g/mol. The molecule has 6 nitrogen and oxygen atoms in total. The molecule has 2 heterocycles. The predicted molar refractivity (Wildman–Crippen MR) is 92.5 cm³/mol. The molecule has 3 rings (SSSR count). The summed E-state index contributed by atoms with van der Waals surface area (Å²) >= 11 is 0. The van der Waals surface area contributed by atoms with Crippen LogP contribution in [0.25, 0.3) is 0 Å². The highest BCUT2D eigenvalue weighted by Gasteiger charge is 2.29. The van der Waals surface area contributed by atoms with Gasteiger partial charge in [-0.15, -0.1) is 0 Å². The second-order valence-corrected chi connectivity index (χ2v) is 8.16. The zero-order valence-electron chi connectivity index (χ0n) is 14.1. The van der Waals surface area contributed by atoms with Gasteiger partial charge < -0.3 is 9.88 Å². The van der Waals surface area contributed by atoms with E-state index in [0.29, 0.717) is 13.1 Å². The van der Waals surface area contributed by atoms with Crippen molar-refractivity contribution in [3.05, 3.63) is 47.5 Å². The lowest BCUT2D eigenvalue weighted by Gasteiger charge is -2.13. The Balaban J connectivity index is 1.85. The fraction of sp³-hybridized carbons (Fsp3) is 0.353. The maximum atomic E-state index is 13.9. The normalized spacial score (nSPS) is 15.5. The number of aromatic nitrogens is 1. The van der Waals surface area contributed by atoms with Crippen LogP contribution in [-0.4, -0.2) is 36.3 Å². The zero-order valence-corrected chi connectivity index (χ0v) is 14.9. The van der Waals surface area contributed by atoms with Crippen molar-refractivity contribution in [2.24, 2.45) is 7.05 Å². The smallest absolute Gasteiger partial charge is 0.272 e. The van der Waals surface area contributed by atoms with Gasteiger partial charge in [-0.05, 0) is 43.5 Å². The third-order valence-electron chi connectivity index (χ3n) is 4.29. The fourth-order valence-electron chi connectivity index (χ4n) is 2.89. The molecule has 1 aliphatic rings. The van der Waals surface area contributed by atoms with E-state index in [1.165, 1.54) is 33.3 Å². The predicted octanol–water partition coefficient (Wildman–Crippen LogP) is 2.51. The van der Waals surface area contributed by atoms with E-state index in [-0.39, 0.29) is 16.3 Å². The molecule has 1 fully saturated rings. The van der Waals surface area contributed by atoms with Crippen molar-refractivity contribution in [3.63, 3.8) is 0 Å². The molecular formula is C17H20FN3O3S. The van der Waals surface area contributed by atoms with Crippen LogP contribution in [0.15, 0.2) is 35.4 Å². The van der Waals surface area contributed by atoms with Crippen LogP contribution in [-0.2, 0) is 17.1 Å². The highest BCUT2D eigenvalue weighted by atomic mass is 32.2. The van der Waals surface area contributed by atoms with E-state index in [1.807, 2.05) is 0 Å². The summed E-state index contributed by atoms with van der Waals surface area (Å²) < 4.78 is 41.9. The number of aryl methyl sites for hydroxylation is 2. The molecule has 0 saturated carbocycles. The first kappa shape index (κ1) is 17.6. The van der Waals surface area contributed by atoms with Crippen LogP contribution in [0.5, 0.6) is 0 Å². The number of anilines is 1. The summed E-state index contributed by atoms with van der Waals surface area (Å²) in [5.74, 6) is -1.10. The summed E-state index contributed by atoms with van der Waals surface area (Å²) in [5, 5.41) is 2.49. The van der Waals surface area contributed by atoms with E-state index < -0.39 is 21.7 Å². The van der Waals surface area contributed by atoms with E-state index in [2.05, 4.69) is 5.32 Å². The first-order chi connectivity index (χ1) is 11.8. The minimum absolute atomic E-state index is 0.0563. The molecule has 0 aliphatic carbocycles. The number of hydrogen-bond donors (Lipinski definition) is 1. The molecule has 0 atom stereocenters. The Morgan fingerprint density at radius 2 is 1.88 bits per heavy atom. The number of carbonyl (C=O) groups excluding carboxylic acids is 1. The van der Waals surface area contributed by atoms with Gasteiger partial charge in [-0.1, -0.05) is 6.07 Å². The van der Waals surface area contributed by atoms with E-state index in [9.17, 15) is 17.6 Å². The van der Waals surface area contributed by atoms with Crippen molar-refractivity contribution < 1.29 is 17.6 Å². The standard InChI is InChI=1S/C17H20FN3O3S/c1-12-5-6-15(14(18)9-12)19-17(22)16-10-13(11-20(16)2)25(23,24)21-7-3-4-8-21/h5-6,9-11H,3-4,7-8H2,1-2H3,(H,19,22).